The van der Waals surface area contributed by atoms with E-state index >= 15 is 0 Å². The van der Waals surface area contributed by atoms with Gasteiger partial charge in [-0.2, -0.15) is 0 Å². The first-order valence-corrected chi connectivity index (χ1v) is 6.42. The summed E-state index contributed by atoms with van der Waals surface area (Å²) in [6, 6.07) is 3.58. The first kappa shape index (κ1) is 13.0. The molecule has 9 heteroatoms. The van der Waals surface area contributed by atoms with E-state index in [1.807, 2.05) is 4.72 Å². The molecule has 0 atom stereocenters. The molecule has 0 heterocycles. The second-order valence-corrected chi connectivity index (χ2v) is 5.49. The van der Waals surface area contributed by atoms with Crippen molar-refractivity contribution in [3.8, 4) is 0 Å². The van der Waals surface area contributed by atoms with Crippen molar-refractivity contribution in [3.05, 3.63) is 33.3 Å². The molecule has 0 amide bonds. The number of nitrogens with one attached hydrogen (secondary N) is 1. The molecule has 16 heavy (non-hydrogen) atoms. The lowest BCUT2D eigenvalue weighted by Gasteiger charge is -2.05. The Morgan fingerprint density at radius 2 is 2.06 bits per heavy atom. The van der Waals surface area contributed by atoms with Gasteiger partial charge in [-0.3, -0.25) is 14.8 Å². The summed E-state index contributed by atoms with van der Waals surface area (Å²) < 4.78 is 24.2. The molecule has 0 unspecified atom stereocenters. The van der Waals surface area contributed by atoms with Crippen molar-refractivity contribution in [2.75, 3.05) is 9.93 Å². The Labute approximate surface area is 101 Å². The minimum absolute atomic E-state index is 0.139. The van der Waals surface area contributed by atoms with Crippen LogP contribution in [0.15, 0.2) is 18.2 Å². The number of sulfonamides is 1. The molecule has 0 saturated carbocycles. The van der Waals surface area contributed by atoms with Crippen molar-refractivity contribution < 1.29 is 13.3 Å². The van der Waals surface area contributed by atoms with Gasteiger partial charge in [-0.1, -0.05) is 11.6 Å². The van der Waals surface area contributed by atoms with Gasteiger partial charge in [0.25, 0.3) is 5.69 Å². The smallest absolute Gasteiger partial charge is 0.276 e. The van der Waals surface area contributed by atoms with E-state index in [4.69, 9.17) is 23.2 Å². The summed E-state index contributed by atoms with van der Waals surface area (Å²) in [4.78, 5) is 9.89. The third-order valence-electron chi connectivity index (χ3n) is 1.57. The van der Waals surface area contributed by atoms with Gasteiger partial charge in [0, 0.05) is 11.1 Å². The van der Waals surface area contributed by atoms with E-state index < -0.39 is 25.8 Å². The molecule has 0 aliphatic rings. The average Bonchev–Trinajstić information content (AvgIpc) is 2.20. The Bertz CT molecular complexity index is 517. The van der Waals surface area contributed by atoms with Crippen molar-refractivity contribution >= 4 is 44.6 Å². The summed E-state index contributed by atoms with van der Waals surface area (Å²) >= 11 is 10.7. The number of nitro benzene ring substituents is 1. The van der Waals surface area contributed by atoms with Crippen LogP contribution in [0.2, 0.25) is 5.02 Å². The SMILES string of the molecule is O=[N+]([O-])c1cc(Cl)ccc1NS(=O)(=O)CCl. The van der Waals surface area contributed by atoms with Crippen LogP contribution >= 0.6 is 23.2 Å². The fourth-order valence-corrected chi connectivity index (χ4v) is 1.83. The number of rotatable bonds is 4. The Morgan fingerprint density at radius 1 is 1.44 bits per heavy atom. The number of nitrogens with zero attached hydrogens (tertiary/aromatic N) is 1. The largest absolute Gasteiger partial charge is 0.294 e. The lowest BCUT2D eigenvalue weighted by molar-refractivity contribution is -0.383. The first-order valence-electron chi connectivity index (χ1n) is 3.86. The zero-order valence-corrected chi connectivity index (χ0v) is 10.0. The Balaban J connectivity index is 3.19. The van der Waals surface area contributed by atoms with Crippen LogP contribution in [0, 0.1) is 10.1 Å². The number of hydrogen-bond acceptors (Lipinski definition) is 4. The predicted molar refractivity (Wildman–Crippen MR) is 61.4 cm³/mol. The second-order valence-electron chi connectivity index (χ2n) is 2.74. The molecule has 0 radical (unpaired) electrons. The summed E-state index contributed by atoms with van der Waals surface area (Å²) in [5, 5.41) is 10.1. The summed E-state index contributed by atoms with van der Waals surface area (Å²) in [6.07, 6.45) is 0. The van der Waals surface area contributed by atoms with Gasteiger partial charge in [-0.05, 0) is 12.1 Å². The van der Waals surface area contributed by atoms with E-state index in [9.17, 15) is 18.5 Å². The van der Waals surface area contributed by atoms with Gasteiger partial charge in [0.2, 0.25) is 10.0 Å². The molecule has 0 fully saturated rings. The molecule has 0 aromatic heterocycles. The van der Waals surface area contributed by atoms with Crippen LogP contribution in [0.1, 0.15) is 0 Å². The third-order valence-corrected chi connectivity index (χ3v) is 3.48. The molecule has 1 aromatic carbocycles. The van der Waals surface area contributed by atoms with Crippen molar-refractivity contribution in [1.29, 1.82) is 0 Å². The lowest BCUT2D eigenvalue weighted by atomic mass is 10.3. The van der Waals surface area contributed by atoms with Crippen LogP contribution in [0.5, 0.6) is 0 Å². The van der Waals surface area contributed by atoms with E-state index in [1.165, 1.54) is 12.1 Å². The number of halogens is 2. The van der Waals surface area contributed by atoms with Crippen LogP contribution in [-0.2, 0) is 10.0 Å². The highest BCUT2D eigenvalue weighted by Crippen LogP contribution is 2.28. The third kappa shape index (κ3) is 3.22. The first-order chi connectivity index (χ1) is 7.35. The van der Waals surface area contributed by atoms with E-state index in [0.717, 1.165) is 6.07 Å². The van der Waals surface area contributed by atoms with Gasteiger partial charge < -0.3 is 0 Å². The molecule has 1 aromatic rings. The molecular weight excluding hydrogens is 279 g/mol. The minimum Gasteiger partial charge on any atom is -0.276 e. The summed E-state index contributed by atoms with van der Waals surface area (Å²) in [7, 11) is -3.77. The monoisotopic (exact) mass is 284 g/mol. The number of anilines is 1. The molecule has 0 aliphatic heterocycles. The number of hydrogen-bond donors (Lipinski definition) is 1. The topological polar surface area (TPSA) is 89.3 Å². The predicted octanol–water partition coefficient (Wildman–Crippen LogP) is 2.19. The zero-order chi connectivity index (χ0) is 12.3. The van der Waals surface area contributed by atoms with Crippen LogP contribution in [0.3, 0.4) is 0 Å². The van der Waals surface area contributed by atoms with Crippen molar-refractivity contribution in [2.24, 2.45) is 0 Å². The van der Waals surface area contributed by atoms with Crippen molar-refractivity contribution in [1.82, 2.24) is 0 Å². The van der Waals surface area contributed by atoms with Gasteiger partial charge in [0.1, 0.15) is 10.9 Å². The van der Waals surface area contributed by atoms with Crippen molar-refractivity contribution in [3.63, 3.8) is 0 Å². The van der Waals surface area contributed by atoms with Gasteiger partial charge in [-0.15, -0.1) is 11.6 Å². The normalized spacial score (nSPS) is 11.1. The molecule has 0 saturated heterocycles. The Kier molecular flexibility index (Phi) is 3.95. The van der Waals surface area contributed by atoms with Gasteiger partial charge in [-0.25, -0.2) is 8.42 Å². The van der Waals surface area contributed by atoms with Crippen LogP contribution < -0.4 is 4.72 Å². The molecule has 6 nitrogen and oxygen atoms in total. The Hall–Kier alpha value is -1.05. The van der Waals surface area contributed by atoms with Crippen molar-refractivity contribution in [2.45, 2.75) is 0 Å². The molecule has 0 bridgehead atoms. The number of nitro groups is 1. The standard InChI is InChI=1S/C7H6Cl2N2O4S/c8-4-16(14,15)10-6-2-1-5(9)3-7(6)11(12)13/h1-3,10H,4H2. The molecule has 1 rings (SSSR count). The van der Waals surface area contributed by atoms with Gasteiger partial charge in [0.15, 0.2) is 0 Å². The Morgan fingerprint density at radius 3 is 2.56 bits per heavy atom. The lowest BCUT2D eigenvalue weighted by Crippen LogP contribution is -2.14. The van der Waals surface area contributed by atoms with Crippen LogP contribution in [0.25, 0.3) is 0 Å². The van der Waals surface area contributed by atoms with Crippen LogP contribution in [0.4, 0.5) is 11.4 Å². The number of alkyl halides is 1. The molecule has 0 spiro atoms. The fourth-order valence-electron chi connectivity index (χ4n) is 0.937. The van der Waals surface area contributed by atoms with E-state index in [2.05, 4.69) is 0 Å². The average molecular weight is 285 g/mol. The molecule has 88 valence electrons. The highest BCUT2D eigenvalue weighted by atomic mass is 35.5. The minimum atomic E-state index is -3.77. The highest BCUT2D eigenvalue weighted by Gasteiger charge is 2.18. The maximum absolute atomic E-state index is 11.1. The second kappa shape index (κ2) is 4.86. The van der Waals surface area contributed by atoms with E-state index in [0.29, 0.717) is 0 Å². The molecule has 0 aliphatic carbocycles. The zero-order valence-electron chi connectivity index (χ0n) is 7.68. The maximum atomic E-state index is 11.1. The van der Waals surface area contributed by atoms with Crippen LogP contribution in [-0.4, -0.2) is 18.6 Å². The quantitative estimate of drug-likeness (QED) is 0.521. The molecular formula is C7H6Cl2N2O4S. The number of benzene rings is 1. The van der Waals surface area contributed by atoms with E-state index in [1.54, 1.807) is 0 Å². The van der Waals surface area contributed by atoms with Gasteiger partial charge in [0.05, 0.1) is 4.92 Å². The van der Waals surface area contributed by atoms with E-state index in [-0.39, 0.29) is 10.7 Å². The van der Waals surface area contributed by atoms with Gasteiger partial charge >= 0.3 is 0 Å². The maximum Gasteiger partial charge on any atom is 0.294 e. The summed E-state index contributed by atoms with van der Waals surface area (Å²) in [5.74, 6) is 0. The highest BCUT2D eigenvalue weighted by molar-refractivity contribution is 7.93. The summed E-state index contributed by atoms with van der Waals surface area (Å²) in [6.45, 7) is 0. The molecule has 1 N–H and O–H groups in total. The fraction of sp³-hybridized carbons (Fsp3) is 0.143. The summed E-state index contributed by atoms with van der Waals surface area (Å²) in [5.41, 5.74) is -0.601.